The van der Waals surface area contributed by atoms with E-state index in [0.717, 1.165) is 11.4 Å². The number of carbonyl (C=O) groups is 1. The SMILES string of the molecule is COc1ccc2c(c1)[C@@]1(O[C@H](CCO)[C@@H]([Si](C)(C)F)[C@@H]1C)C(=O)N2c1ccccc1. The van der Waals surface area contributed by atoms with Gasteiger partial charge in [0.1, 0.15) is 5.75 Å². The van der Waals surface area contributed by atoms with Crippen molar-refractivity contribution < 1.29 is 23.5 Å². The average Bonchev–Trinajstić information content (AvgIpc) is 3.15. The lowest BCUT2D eigenvalue weighted by molar-refractivity contribution is -0.145. The van der Waals surface area contributed by atoms with Gasteiger partial charge < -0.3 is 18.7 Å². The van der Waals surface area contributed by atoms with Gasteiger partial charge in [-0.3, -0.25) is 9.69 Å². The van der Waals surface area contributed by atoms with E-state index in [4.69, 9.17) is 9.47 Å². The van der Waals surface area contributed by atoms with E-state index < -0.39 is 25.7 Å². The summed E-state index contributed by atoms with van der Waals surface area (Å²) in [5, 5.41) is 9.60. The molecule has 0 saturated carbocycles. The first-order chi connectivity index (χ1) is 14.3. The van der Waals surface area contributed by atoms with E-state index in [1.807, 2.05) is 55.5 Å². The van der Waals surface area contributed by atoms with E-state index in [9.17, 15) is 9.90 Å². The molecule has 0 radical (unpaired) electrons. The lowest BCUT2D eigenvalue weighted by Gasteiger charge is -2.31. The molecule has 1 N–H and O–H groups in total. The van der Waals surface area contributed by atoms with Crippen molar-refractivity contribution in [3.63, 3.8) is 0 Å². The predicted octanol–water partition coefficient (Wildman–Crippen LogP) is 4.53. The summed E-state index contributed by atoms with van der Waals surface area (Å²) in [6.45, 7) is 5.10. The number of ether oxygens (including phenoxy) is 2. The third kappa shape index (κ3) is 2.99. The summed E-state index contributed by atoms with van der Waals surface area (Å²) in [5.74, 6) is 0.0199. The van der Waals surface area contributed by atoms with Gasteiger partial charge in [0, 0.05) is 29.3 Å². The maximum absolute atomic E-state index is 15.5. The van der Waals surface area contributed by atoms with Crippen LogP contribution in [0.15, 0.2) is 48.5 Å². The molecule has 1 saturated heterocycles. The molecule has 2 aliphatic rings. The highest BCUT2D eigenvalue weighted by atomic mass is 28.4. The molecular formula is C23H28FNO4Si. The van der Waals surface area contributed by atoms with Crippen LogP contribution in [0.3, 0.4) is 0 Å². The highest BCUT2D eigenvalue weighted by Crippen LogP contribution is 2.61. The number of aliphatic hydroxyl groups excluding tert-OH is 1. The van der Waals surface area contributed by atoms with Crippen molar-refractivity contribution in [3.8, 4) is 5.75 Å². The molecule has 1 amide bonds. The highest BCUT2D eigenvalue weighted by Gasteiger charge is 2.66. The summed E-state index contributed by atoms with van der Waals surface area (Å²) in [6, 6.07) is 14.9. The van der Waals surface area contributed by atoms with E-state index in [0.29, 0.717) is 17.7 Å². The number of hydrogen-bond acceptors (Lipinski definition) is 4. The van der Waals surface area contributed by atoms with Crippen molar-refractivity contribution in [1.82, 2.24) is 0 Å². The quantitative estimate of drug-likeness (QED) is 0.560. The number of anilines is 2. The van der Waals surface area contributed by atoms with Crippen molar-refractivity contribution >= 4 is 25.7 Å². The van der Waals surface area contributed by atoms with Crippen LogP contribution < -0.4 is 9.64 Å². The Bertz CT molecular complexity index is 948. The van der Waals surface area contributed by atoms with E-state index >= 15 is 4.11 Å². The normalized spacial score (nSPS) is 28.3. The monoisotopic (exact) mass is 429 g/mol. The van der Waals surface area contributed by atoms with Gasteiger partial charge in [0.05, 0.1) is 18.9 Å². The Labute approximate surface area is 177 Å². The van der Waals surface area contributed by atoms with Gasteiger partial charge in [0.25, 0.3) is 5.91 Å². The van der Waals surface area contributed by atoms with Gasteiger partial charge in [-0.1, -0.05) is 25.1 Å². The number of hydrogen-bond donors (Lipinski definition) is 1. The van der Waals surface area contributed by atoms with Gasteiger partial charge in [-0.2, -0.15) is 0 Å². The second-order valence-corrected chi connectivity index (χ2v) is 12.4. The summed E-state index contributed by atoms with van der Waals surface area (Å²) in [6.07, 6.45) is -0.218. The van der Waals surface area contributed by atoms with Gasteiger partial charge in [-0.25, -0.2) is 0 Å². The molecule has 2 aromatic rings. The number of methoxy groups -OCH3 is 1. The first kappa shape index (κ1) is 21.0. The number of aliphatic hydroxyl groups is 1. The van der Waals surface area contributed by atoms with Gasteiger partial charge in [-0.15, -0.1) is 0 Å². The summed E-state index contributed by atoms with van der Waals surface area (Å²) in [7, 11) is -1.62. The Morgan fingerprint density at radius 2 is 1.93 bits per heavy atom. The summed E-state index contributed by atoms with van der Waals surface area (Å²) >= 11 is 0. The Balaban J connectivity index is 1.92. The molecule has 2 heterocycles. The average molecular weight is 430 g/mol. The van der Waals surface area contributed by atoms with E-state index in [1.54, 1.807) is 25.1 Å². The van der Waals surface area contributed by atoms with Gasteiger partial charge >= 0.3 is 0 Å². The zero-order valence-corrected chi connectivity index (χ0v) is 18.8. The second-order valence-electron chi connectivity index (χ2n) is 8.64. The summed E-state index contributed by atoms with van der Waals surface area (Å²) in [5.41, 5.74) is 0.442. The largest absolute Gasteiger partial charge is 0.497 e. The number of benzene rings is 2. The van der Waals surface area contributed by atoms with Crippen LogP contribution >= 0.6 is 0 Å². The number of fused-ring (bicyclic) bond motifs is 2. The number of rotatable bonds is 5. The number of halogens is 1. The van der Waals surface area contributed by atoms with Crippen LogP contribution in [-0.4, -0.2) is 39.2 Å². The topological polar surface area (TPSA) is 59.0 Å². The molecule has 2 aliphatic heterocycles. The van der Waals surface area contributed by atoms with Gasteiger partial charge in [0.15, 0.2) is 5.60 Å². The number of para-hydroxylation sites is 1. The molecule has 4 atom stereocenters. The highest BCUT2D eigenvalue weighted by molar-refractivity contribution is 6.72. The van der Waals surface area contributed by atoms with Crippen LogP contribution in [0.25, 0.3) is 0 Å². The molecule has 7 heteroatoms. The van der Waals surface area contributed by atoms with E-state index in [-0.39, 0.29) is 18.4 Å². The Kier molecular flexibility index (Phi) is 5.24. The third-order valence-electron chi connectivity index (χ3n) is 6.50. The van der Waals surface area contributed by atoms with Crippen LogP contribution in [0.5, 0.6) is 5.75 Å². The van der Waals surface area contributed by atoms with Gasteiger partial charge in [-0.05, 0) is 49.8 Å². The second kappa shape index (κ2) is 7.48. The molecule has 5 nitrogen and oxygen atoms in total. The van der Waals surface area contributed by atoms with Crippen molar-refractivity contribution in [2.45, 2.75) is 43.7 Å². The fourth-order valence-corrected chi connectivity index (χ4v) is 7.85. The smallest absolute Gasteiger partial charge is 0.268 e. The maximum Gasteiger partial charge on any atom is 0.268 e. The molecule has 160 valence electrons. The standard InChI is InChI=1S/C23H28FNO4Si/c1-15-21(30(3,4)24)20(12-13-26)29-23(15)18-14-17(28-2)10-11-19(18)25(22(23)27)16-8-6-5-7-9-16/h5-11,14-15,20-21,26H,12-13H2,1-4H3/t15-,20+,21-,23+/m0/s1. The maximum atomic E-state index is 15.5. The van der Waals surface area contributed by atoms with Crippen molar-refractivity contribution in [1.29, 1.82) is 0 Å². The van der Waals surface area contributed by atoms with Crippen LogP contribution in [0.4, 0.5) is 15.5 Å². The fraction of sp³-hybridized carbons (Fsp3) is 0.435. The molecule has 4 rings (SSSR count). The molecule has 1 spiro atoms. The fourth-order valence-electron chi connectivity index (χ4n) is 5.31. The number of amides is 1. The zero-order chi connectivity index (χ0) is 21.7. The molecule has 0 unspecified atom stereocenters. The molecule has 0 aromatic heterocycles. The minimum Gasteiger partial charge on any atom is -0.497 e. The first-order valence-corrected chi connectivity index (χ1v) is 13.3. The first-order valence-electron chi connectivity index (χ1n) is 10.3. The lowest BCUT2D eigenvalue weighted by atomic mass is 9.82. The third-order valence-corrected chi connectivity index (χ3v) is 8.96. The van der Waals surface area contributed by atoms with Crippen LogP contribution in [0.1, 0.15) is 18.9 Å². The van der Waals surface area contributed by atoms with Crippen molar-refractivity contribution in [2.75, 3.05) is 18.6 Å². The van der Waals surface area contributed by atoms with Crippen molar-refractivity contribution in [2.24, 2.45) is 5.92 Å². The van der Waals surface area contributed by atoms with Crippen molar-refractivity contribution in [3.05, 3.63) is 54.1 Å². The molecule has 0 aliphatic carbocycles. The summed E-state index contributed by atoms with van der Waals surface area (Å²) in [4.78, 5) is 15.7. The Hall–Kier alpha value is -2.22. The predicted molar refractivity (Wildman–Crippen MR) is 116 cm³/mol. The molecular weight excluding hydrogens is 401 g/mol. The van der Waals surface area contributed by atoms with E-state index in [2.05, 4.69) is 0 Å². The molecule has 0 bridgehead atoms. The number of nitrogens with zero attached hydrogens (tertiary/aromatic N) is 1. The molecule has 30 heavy (non-hydrogen) atoms. The molecule has 1 fully saturated rings. The van der Waals surface area contributed by atoms with Crippen LogP contribution in [0, 0.1) is 5.92 Å². The van der Waals surface area contributed by atoms with Gasteiger partial charge in [0.2, 0.25) is 8.41 Å². The Morgan fingerprint density at radius 3 is 2.53 bits per heavy atom. The minimum absolute atomic E-state index is 0.115. The van der Waals surface area contributed by atoms with E-state index in [1.165, 1.54) is 0 Å². The lowest BCUT2D eigenvalue weighted by Crippen LogP contribution is -2.44. The molecule has 2 aromatic carbocycles. The summed E-state index contributed by atoms with van der Waals surface area (Å²) < 4.78 is 27.4. The van der Waals surface area contributed by atoms with Crippen LogP contribution in [-0.2, 0) is 15.1 Å². The van der Waals surface area contributed by atoms with Crippen LogP contribution in [0.2, 0.25) is 18.6 Å². The Morgan fingerprint density at radius 1 is 1.23 bits per heavy atom. The number of carbonyl (C=O) groups excluding carboxylic acids is 1. The minimum atomic E-state index is -3.19. The zero-order valence-electron chi connectivity index (χ0n) is 17.8.